The van der Waals surface area contributed by atoms with Crippen molar-refractivity contribution in [3.63, 3.8) is 0 Å². The summed E-state index contributed by atoms with van der Waals surface area (Å²) in [6.07, 6.45) is -2.83. The topological polar surface area (TPSA) is 77.0 Å². The minimum Gasteiger partial charge on any atom is -0.366 e. The first-order valence-corrected chi connectivity index (χ1v) is 9.15. The van der Waals surface area contributed by atoms with Gasteiger partial charge in [-0.3, -0.25) is 4.79 Å². The third kappa shape index (κ3) is 5.24. The zero-order chi connectivity index (χ0) is 21.8. The first-order chi connectivity index (χ1) is 13.6. The van der Waals surface area contributed by atoms with Crippen LogP contribution in [0, 0.1) is 0 Å². The summed E-state index contributed by atoms with van der Waals surface area (Å²) in [5.74, 6) is -0.161. The van der Waals surface area contributed by atoms with Gasteiger partial charge in [0.1, 0.15) is 0 Å². The Morgan fingerprint density at radius 2 is 1.83 bits per heavy atom. The standard InChI is InChI=1S/C20H24F3N5O/c1-5-11-27(6-2)18(29)16-9-7-15(8-10-16)14(4)17-25-19(24)26-28(17)12-13(3)20(21,22)23/h7-10,12H,4-6,11H2,1-3H3,(H2,24,26). The van der Waals surface area contributed by atoms with Gasteiger partial charge in [0.15, 0.2) is 5.82 Å². The molecular formula is C20H24F3N5O. The van der Waals surface area contributed by atoms with E-state index in [2.05, 4.69) is 16.7 Å². The monoisotopic (exact) mass is 407 g/mol. The molecule has 0 saturated heterocycles. The fourth-order valence-corrected chi connectivity index (χ4v) is 2.69. The molecule has 0 aliphatic heterocycles. The highest BCUT2D eigenvalue weighted by atomic mass is 19.4. The predicted molar refractivity (Wildman–Crippen MR) is 107 cm³/mol. The molecule has 2 N–H and O–H groups in total. The largest absolute Gasteiger partial charge is 0.413 e. The van der Waals surface area contributed by atoms with Crippen molar-refractivity contribution in [2.75, 3.05) is 18.8 Å². The molecule has 1 heterocycles. The average Bonchev–Trinajstić information content (AvgIpc) is 3.04. The fraction of sp³-hybridized carbons (Fsp3) is 0.350. The third-order valence-corrected chi connectivity index (χ3v) is 4.32. The zero-order valence-electron chi connectivity index (χ0n) is 16.6. The van der Waals surface area contributed by atoms with Gasteiger partial charge in [-0.25, -0.2) is 4.68 Å². The van der Waals surface area contributed by atoms with Gasteiger partial charge in [-0.1, -0.05) is 25.6 Å². The Bertz CT molecular complexity index is 913. The summed E-state index contributed by atoms with van der Waals surface area (Å²) in [5, 5.41) is 3.80. The van der Waals surface area contributed by atoms with Gasteiger partial charge in [-0.2, -0.15) is 18.2 Å². The Morgan fingerprint density at radius 1 is 1.24 bits per heavy atom. The number of hydrogen-bond acceptors (Lipinski definition) is 4. The molecule has 0 spiro atoms. The number of allylic oxidation sites excluding steroid dienone is 1. The van der Waals surface area contributed by atoms with Crippen LogP contribution in [0.1, 0.15) is 48.9 Å². The second-order valence-corrected chi connectivity index (χ2v) is 6.49. The van der Waals surface area contributed by atoms with Crippen LogP contribution < -0.4 is 5.73 Å². The third-order valence-electron chi connectivity index (χ3n) is 4.32. The molecule has 6 nitrogen and oxygen atoms in total. The first-order valence-electron chi connectivity index (χ1n) is 9.15. The molecule has 0 bridgehead atoms. The van der Waals surface area contributed by atoms with Gasteiger partial charge in [0.2, 0.25) is 5.95 Å². The van der Waals surface area contributed by atoms with Crippen LogP contribution in [0.4, 0.5) is 19.1 Å². The lowest BCUT2D eigenvalue weighted by Crippen LogP contribution is -2.31. The van der Waals surface area contributed by atoms with Crippen molar-refractivity contribution in [1.29, 1.82) is 0 Å². The van der Waals surface area contributed by atoms with E-state index in [1.54, 1.807) is 29.2 Å². The van der Waals surface area contributed by atoms with Crippen molar-refractivity contribution in [1.82, 2.24) is 19.7 Å². The molecule has 1 aromatic carbocycles. The lowest BCUT2D eigenvalue weighted by molar-refractivity contribution is -0.0906. The van der Waals surface area contributed by atoms with Crippen LogP contribution in [0.15, 0.2) is 36.4 Å². The minimum atomic E-state index is -4.50. The molecule has 29 heavy (non-hydrogen) atoms. The van der Waals surface area contributed by atoms with Crippen molar-refractivity contribution >= 4 is 23.6 Å². The van der Waals surface area contributed by atoms with E-state index in [0.717, 1.165) is 24.2 Å². The number of nitrogens with zero attached hydrogens (tertiary/aromatic N) is 4. The second kappa shape index (κ2) is 8.93. The molecule has 0 fully saturated rings. The van der Waals surface area contributed by atoms with Crippen molar-refractivity contribution in [3.8, 4) is 0 Å². The summed E-state index contributed by atoms with van der Waals surface area (Å²) in [5.41, 5.74) is 6.16. The quantitative estimate of drug-likeness (QED) is 0.746. The maximum atomic E-state index is 12.8. The maximum absolute atomic E-state index is 12.8. The van der Waals surface area contributed by atoms with Gasteiger partial charge in [-0.15, -0.1) is 5.10 Å². The molecule has 1 amide bonds. The number of nitrogens with two attached hydrogens (primary N) is 1. The molecule has 0 aliphatic rings. The number of amides is 1. The van der Waals surface area contributed by atoms with Crippen molar-refractivity contribution in [2.45, 2.75) is 33.4 Å². The van der Waals surface area contributed by atoms with Gasteiger partial charge in [0, 0.05) is 36.0 Å². The number of carbonyl (C=O) groups excluding carboxylic acids is 1. The van der Waals surface area contributed by atoms with E-state index in [-0.39, 0.29) is 17.7 Å². The summed E-state index contributed by atoms with van der Waals surface area (Å²) >= 11 is 0. The molecule has 0 unspecified atom stereocenters. The van der Waals surface area contributed by atoms with E-state index in [1.165, 1.54) is 0 Å². The Kier molecular flexibility index (Phi) is 6.84. The summed E-state index contributed by atoms with van der Waals surface area (Å²) in [7, 11) is 0. The first kappa shape index (κ1) is 22.2. The summed E-state index contributed by atoms with van der Waals surface area (Å²) in [6.45, 7) is 10.0. The normalized spacial score (nSPS) is 12.1. The summed E-state index contributed by atoms with van der Waals surface area (Å²) in [4.78, 5) is 18.3. The van der Waals surface area contributed by atoms with E-state index in [0.29, 0.717) is 29.8 Å². The number of halogens is 3. The molecular weight excluding hydrogens is 383 g/mol. The molecule has 9 heteroatoms. The fourth-order valence-electron chi connectivity index (χ4n) is 2.69. The molecule has 0 atom stereocenters. The Morgan fingerprint density at radius 3 is 2.34 bits per heavy atom. The number of aromatic nitrogens is 3. The number of carbonyl (C=O) groups is 1. The van der Waals surface area contributed by atoms with Crippen LogP contribution in [-0.2, 0) is 0 Å². The van der Waals surface area contributed by atoms with Gasteiger partial charge in [0.25, 0.3) is 5.91 Å². The van der Waals surface area contributed by atoms with Crippen LogP contribution in [-0.4, -0.2) is 44.8 Å². The van der Waals surface area contributed by atoms with Crippen LogP contribution in [0.25, 0.3) is 11.8 Å². The van der Waals surface area contributed by atoms with Gasteiger partial charge < -0.3 is 10.6 Å². The SMILES string of the molecule is C=C(c1ccc(C(=O)N(CC)CCC)cc1)c1nc(N)nn1C=C(C)C(F)(F)F. The highest BCUT2D eigenvalue weighted by Crippen LogP contribution is 2.27. The maximum Gasteiger partial charge on any atom is 0.413 e. The van der Waals surface area contributed by atoms with Crippen LogP contribution in [0.5, 0.6) is 0 Å². The van der Waals surface area contributed by atoms with Gasteiger partial charge in [-0.05, 0) is 38.0 Å². The molecule has 1 aromatic heterocycles. The highest BCUT2D eigenvalue weighted by molar-refractivity contribution is 5.94. The molecule has 0 saturated carbocycles. The summed E-state index contributed by atoms with van der Waals surface area (Å²) < 4.78 is 39.5. The molecule has 2 rings (SSSR count). The van der Waals surface area contributed by atoms with Crippen molar-refractivity contribution in [3.05, 3.63) is 53.4 Å². The Labute approximate surface area is 167 Å². The Hall–Kier alpha value is -3.10. The highest BCUT2D eigenvalue weighted by Gasteiger charge is 2.30. The number of alkyl halides is 3. The van der Waals surface area contributed by atoms with Crippen LogP contribution in [0.3, 0.4) is 0 Å². The van der Waals surface area contributed by atoms with E-state index < -0.39 is 11.7 Å². The number of hydrogen-bond donors (Lipinski definition) is 1. The number of nitrogen functional groups attached to an aromatic ring is 1. The van der Waals surface area contributed by atoms with E-state index in [1.807, 2.05) is 13.8 Å². The Balaban J connectivity index is 2.31. The van der Waals surface area contributed by atoms with Crippen molar-refractivity contribution < 1.29 is 18.0 Å². The van der Waals surface area contributed by atoms with Crippen molar-refractivity contribution in [2.24, 2.45) is 0 Å². The lowest BCUT2D eigenvalue weighted by Gasteiger charge is -2.20. The number of rotatable bonds is 7. The minimum absolute atomic E-state index is 0.0809. The lowest BCUT2D eigenvalue weighted by atomic mass is 10.0. The van der Waals surface area contributed by atoms with Crippen LogP contribution in [0.2, 0.25) is 0 Å². The molecule has 0 radical (unpaired) electrons. The molecule has 156 valence electrons. The van der Waals surface area contributed by atoms with E-state index >= 15 is 0 Å². The van der Waals surface area contributed by atoms with Gasteiger partial charge in [0.05, 0.1) is 0 Å². The van der Waals surface area contributed by atoms with Gasteiger partial charge >= 0.3 is 6.18 Å². The molecule has 0 aliphatic carbocycles. The molecule has 2 aromatic rings. The average molecular weight is 407 g/mol. The zero-order valence-corrected chi connectivity index (χ0v) is 16.6. The summed E-state index contributed by atoms with van der Waals surface area (Å²) in [6, 6.07) is 6.65. The number of anilines is 1. The second-order valence-electron chi connectivity index (χ2n) is 6.49. The number of benzene rings is 1. The van der Waals surface area contributed by atoms with E-state index in [4.69, 9.17) is 5.73 Å². The van der Waals surface area contributed by atoms with Crippen LogP contribution >= 0.6 is 0 Å². The predicted octanol–water partition coefficient (Wildman–Crippen LogP) is 4.22. The smallest absolute Gasteiger partial charge is 0.366 e. The van der Waals surface area contributed by atoms with E-state index in [9.17, 15) is 18.0 Å².